The van der Waals surface area contributed by atoms with Crippen LogP contribution in [-0.2, 0) is 9.47 Å². The Morgan fingerprint density at radius 2 is 2.12 bits per heavy atom. The third-order valence-corrected chi connectivity index (χ3v) is 5.70. The molecule has 4 rings (SSSR count). The maximum atomic E-state index is 13.3. The van der Waals surface area contributed by atoms with E-state index in [4.69, 9.17) is 9.47 Å². The van der Waals surface area contributed by atoms with Crippen molar-refractivity contribution in [2.75, 3.05) is 19.8 Å². The van der Waals surface area contributed by atoms with Crippen molar-refractivity contribution in [2.45, 2.75) is 26.0 Å². The molecule has 0 aliphatic carbocycles. The Kier molecular flexibility index (Phi) is 4.60. The zero-order chi connectivity index (χ0) is 18.3. The van der Waals surface area contributed by atoms with Crippen molar-refractivity contribution >= 4 is 21.6 Å². The first-order chi connectivity index (χ1) is 12.6. The fraction of sp³-hybridized carbons (Fsp3) is 0.368. The van der Waals surface area contributed by atoms with Crippen LogP contribution in [0.25, 0.3) is 21.3 Å². The summed E-state index contributed by atoms with van der Waals surface area (Å²) in [5.41, 5.74) is 1.53. The summed E-state index contributed by atoms with van der Waals surface area (Å²) in [5.74, 6) is -0.302. The van der Waals surface area contributed by atoms with Gasteiger partial charge < -0.3 is 9.47 Å². The number of hydrogen-bond donors (Lipinski definition) is 0. The number of halogens is 1. The minimum atomic E-state index is -0.302. The van der Waals surface area contributed by atoms with Crippen molar-refractivity contribution in [3.05, 3.63) is 51.6 Å². The molecule has 2 aromatic heterocycles. The van der Waals surface area contributed by atoms with Gasteiger partial charge in [-0.15, -0.1) is 11.3 Å². The Bertz CT molecular complexity index is 996. The minimum absolute atomic E-state index is 0.112. The molecule has 3 aromatic rings. The molecule has 3 heterocycles. The van der Waals surface area contributed by atoms with Crippen LogP contribution in [0.15, 0.2) is 35.4 Å². The lowest BCUT2D eigenvalue weighted by molar-refractivity contribution is 0.0356. The van der Waals surface area contributed by atoms with Crippen molar-refractivity contribution in [2.24, 2.45) is 0 Å². The van der Waals surface area contributed by atoms with Crippen LogP contribution in [-0.4, -0.2) is 35.5 Å². The molecule has 26 heavy (non-hydrogen) atoms. The molecule has 2 atom stereocenters. The summed E-state index contributed by atoms with van der Waals surface area (Å²) < 4.78 is 26.2. The number of aromatic nitrogens is 2. The summed E-state index contributed by atoms with van der Waals surface area (Å²) in [6.07, 6.45) is 1.42. The van der Waals surface area contributed by atoms with Gasteiger partial charge in [-0.1, -0.05) is 12.1 Å². The zero-order valence-corrected chi connectivity index (χ0v) is 15.4. The number of fused-ring (bicyclic) bond motifs is 1. The molecule has 1 saturated heterocycles. The summed E-state index contributed by atoms with van der Waals surface area (Å²) in [5, 5.41) is 0.573. The van der Waals surface area contributed by atoms with E-state index in [-0.39, 0.29) is 23.5 Å². The van der Waals surface area contributed by atoms with Gasteiger partial charge >= 0.3 is 0 Å². The van der Waals surface area contributed by atoms with Crippen LogP contribution in [0, 0.1) is 12.7 Å². The summed E-state index contributed by atoms with van der Waals surface area (Å²) in [4.78, 5) is 19.5. The summed E-state index contributed by atoms with van der Waals surface area (Å²) in [7, 11) is 0. The van der Waals surface area contributed by atoms with Gasteiger partial charge in [0.15, 0.2) is 0 Å². The predicted molar refractivity (Wildman–Crippen MR) is 99.3 cm³/mol. The van der Waals surface area contributed by atoms with Crippen molar-refractivity contribution < 1.29 is 13.9 Å². The molecule has 5 nitrogen and oxygen atoms in total. The number of benzene rings is 1. The van der Waals surface area contributed by atoms with Crippen LogP contribution in [0.5, 0.6) is 0 Å². The van der Waals surface area contributed by atoms with Crippen LogP contribution in [0.3, 0.4) is 0 Å². The van der Waals surface area contributed by atoms with Gasteiger partial charge in [0.1, 0.15) is 16.8 Å². The van der Waals surface area contributed by atoms with Gasteiger partial charge in [-0.3, -0.25) is 9.36 Å². The largest absolute Gasteiger partial charge is 0.376 e. The Hall–Kier alpha value is -2.09. The molecule has 0 N–H and O–H groups in total. The van der Waals surface area contributed by atoms with Gasteiger partial charge in [-0.2, -0.15) is 0 Å². The van der Waals surface area contributed by atoms with E-state index in [0.29, 0.717) is 30.0 Å². The number of nitrogens with zero attached hydrogens (tertiary/aromatic N) is 2. The molecular formula is C19H19FN2O3S. The number of ether oxygens (including phenoxy) is 2. The Morgan fingerprint density at radius 3 is 2.85 bits per heavy atom. The number of hydrogen-bond acceptors (Lipinski definition) is 5. The van der Waals surface area contributed by atoms with Gasteiger partial charge in [0.05, 0.1) is 31.0 Å². The Labute approximate surface area is 154 Å². The number of aryl methyl sites for hydroxylation is 1. The number of thiophene rings is 1. The van der Waals surface area contributed by atoms with Gasteiger partial charge in [0, 0.05) is 17.0 Å². The molecule has 1 fully saturated rings. The highest BCUT2D eigenvalue weighted by atomic mass is 32.1. The lowest BCUT2D eigenvalue weighted by atomic mass is 10.0. The first-order valence-electron chi connectivity index (χ1n) is 8.55. The third-order valence-electron chi connectivity index (χ3n) is 4.68. The third kappa shape index (κ3) is 2.86. The first kappa shape index (κ1) is 17.3. The van der Waals surface area contributed by atoms with Crippen LogP contribution in [0.1, 0.15) is 17.8 Å². The average Bonchev–Trinajstić information content (AvgIpc) is 3.21. The zero-order valence-electron chi connectivity index (χ0n) is 14.6. The van der Waals surface area contributed by atoms with Gasteiger partial charge in [0.2, 0.25) is 0 Å². The molecule has 0 spiro atoms. The molecule has 0 bridgehead atoms. The fourth-order valence-electron chi connectivity index (χ4n) is 3.47. The van der Waals surface area contributed by atoms with E-state index in [9.17, 15) is 9.18 Å². The van der Waals surface area contributed by atoms with Gasteiger partial charge in [-0.25, -0.2) is 9.37 Å². The molecule has 0 unspecified atom stereocenters. The van der Waals surface area contributed by atoms with E-state index in [0.717, 1.165) is 16.0 Å². The van der Waals surface area contributed by atoms with Crippen LogP contribution in [0.2, 0.25) is 0 Å². The lowest BCUT2D eigenvalue weighted by Crippen LogP contribution is -2.33. The second kappa shape index (κ2) is 6.90. The van der Waals surface area contributed by atoms with E-state index >= 15 is 0 Å². The Morgan fingerprint density at radius 1 is 1.35 bits per heavy atom. The molecule has 0 radical (unpaired) electrons. The van der Waals surface area contributed by atoms with Gasteiger partial charge in [0.25, 0.3) is 5.56 Å². The molecule has 0 amide bonds. The van der Waals surface area contributed by atoms with Crippen LogP contribution >= 0.6 is 11.3 Å². The number of rotatable bonds is 4. The average molecular weight is 374 g/mol. The second-order valence-electron chi connectivity index (χ2n) is 6.28. The van der Waals surface area contributed by atoms with Crippen LogP contribution in [0.4, 0.5) is 4.39 Å². The smallest absolute Gasteiger partial charge is 0.263 e. The Balaban J connectivity index is 1.88. The highest BCUT2D eigenvalue weighted by molar-refractivity contribution is 7.19. The maximum Gasteiger partial charge on any atom is 0.263 e. The monoisotopic (exact) mass is 374 g/mol. The molecule has 7 heteroatoms. The topological polar surface area (TPSA) is 53.4 Å². The summed E-state index contributed by atoms with van der Waals surface area (Å²) >= 11 is 1.47. The first-order valence-corrected chi connectivity index (χ1v) is 9.37. The minimum Gasteiger partial charge on any atom is -0.376 e. The molecular weight excluding hydrogens is 355 g/mol. The van der Waals surface area contributed by atoms with E-state index in [2.05, 4.69) is 4.98 Å². The lowest BCUT2D eigenvalue weighted by Gasteiger charge is -2.19. The quantitative estimate of drug-likeness (QED) is 0.701. The molecule has 136 valence electrons. The van der Waals surface area contributed by atoms with E-state index < -0.39 is 0 Å². The van der Waals surface area contributed by atoms with Gasteiger partial charge in [-0.05, 0) is 31.5 Å². The van der Waals surface area contributed by atoms with E-state index in [1.165, 1.54) is 23.5 Å². The van der Waals surface area contributed by atoms with Crippen molar-refractivity contribution in [1.29, 1.82) is 0 Å². The van der Waals surface area contributed by atoms with E-state index in [1.807, 2.05) is 13.8 Å². The summed E-state index contributed by atoms with van der Waals surface area (Å²) in [6, 6.07) is 6.01. The second-order valence-corrected chi connectivity index (χ2v) is 7.48. The maximum absolute atomic E-state index is 13.3. The van der Waals surface area contributed by atoms with Crippen molar-refractivity contribution in [3.8, 4) is 11.1 Å². The SMILES string of the molecule is CCO[C@H]1COC[C@@H]1n1cnc2sc(C)c(-c3ccc(F)cc3)c2c1=O. The highest BCUT2D eigenvalue weighted by Gasteiger charge is 2.32. The summed E-state index contributed by atoms with van der Waals surface area (Å²) in [6.45, 7) is 5.33. The van der Waals surface area contributed by atoms with Crippen molar-refractivity contribution in [3.63, 3.8) is 0 Å². The molecule has 0 saturated carbocycles. The van der Waals surface area contributed by atoms with E-state index in [1.54, 1.807) is 23.0 Å². The normalized spacial score (nSPS) is 20.1. The molecule has 1 aliphatic heterocycles. The highest BCUT2D eigenvalue weighted by Crippen LogP contribution is 2.36. The molecule has 1 aliphatic rings. The van der Waals surface area contributed by atoms with Crippen LogP contribution < -0.4 is 5.56 Å². The standard InChI is InChI=1S/C19H19FN2O3S/c1-3-25-15-9-24-8-14(15)22-10-21-18-17(19(22)23)16(11(2)26-18)12-4-6-13(20)7-5-12/h4-7,10,14-15H,3,8-9H2,1-2H3/t14-,15-/m0/s1. The molecule has 1 aromatic carbocycles. The van der Waals surface area contributed by atoms with Crippen molar-refractivity contribution in [1.82, 2.24) is 9.55 Å². The predicted octanol–water partition coefficient (Wildman–Crippen LogP) is 3.55. The fourth-order valence-corrected chi connectivity index (χ4v) is 4.48.